The highest BCUT2D eigenvalue weighted by Gasteiger charge is 2.30. The average molecular weight is 435 g/mol. The number of carbonyl (C=O) groups is 2. The van der Waals surface area contributed by atoms with Gasteiger partial charge < -0.3 is 19.9 Å². The van der Waals surface area contributed by atoms with Gasteiger partial charge >= 0.3 is 6.03 Å². The molecule has 0 radical (unpaired) electrons. The largest absolute Gasteiger partial charge is 0.490 e. The molecule has 1 saturated carbocycles. The number of hydrogen-bond donors (Lipinski definition) is 1. The Morgan fingerprint density at radius 3 is 2.34 bits per heavy atom. The van der Waals surface area contributed by atoms with Crippen LogP contribution in [0.3, 0.4) is 0 Å². The summed E-state index contributed by atoms with van der Waals surface area (Å²) < 4.78 is 6.14. The molecule has 0 atom stereocenters. The van der Waals surface area contributed by atoms with Gasteiger partial charge in [0.15, 0.2) is 0 Å². The second-order valence-corrected chi connectivity index (χ2v) is 9.08. The zero-order valence-electron chi connectivity index (χ0n) is 18.3. The van der Waals surface area contributed by atoms with E-state index >= 15 is 0 Å². The Morgan fingerprint density at radius 2 is 1.62 bits per heavy atom. The van der Waals surface area contributed by atoms with Crippen LogP contribution in [-0.2, 0) is 17.9 Å². The number of fused-ring (bicyclic) bond motifs is 1. The molecular formula is C25H30N4O3. The molecule has 1 saturated heterocycles. The van der Waals surface area contributed by atoms with Gasteiger partial charge in [0.05, 0.1) is 0 Å². The minimum Gasteiger partial charge on any atom is -0.490 e. The van der Waals surface area contributed by atoms with Crippen LogP contribution in [0.15, 0.2) is 42.7 Å². The van der Waals surface area contributed by atoms with Crippen molar-refractivity contribution < 1.29 is 14.3 Å². The van der Waals surface area contributed by atoms with E-state index in [0.717, 1.165) is 61.3 Å². The summed E-state index contributed by atoms with van der Waals surface area (Å²) in [7, 11) is 0. The molecule has 0 unspecified atom stereocenters. The van der Waals surface area contributed by atoms with Crippen molar-refractivity contribution in [2.24, 2.45) is 5.92 Å². The van der Waals surface area contributed by atoms with E-state index in [1.165, 1.54) is 12.8 Å². The first kappa shape index (κ1) is 20.8. The maximum absolute atomic E-state index is 12.6. The lowest BCUT2D eigenvalue weighted by atomic mass is 10.0. The molecule has 7 nitrogen and oxygen atoms in total. The second kappa shape index (κ2) is 9.18. The third-order valence-corrected chi connectivity index (χ3v) is 6.88. The quantitative estimate of drug-likeness (QED) is 0.783. The predicted molar refractivity (Wildman–Crippen MR) is 121 cm³/mol. The Morgan fingerprint density at radius 1 is 0.906 bits per heavy atom. The summed E-state index contributed by atoms with van der Waals surface area (Å²) in [4.78, 5) is 33.1. The molecule has 0 bridgehead atoms. The number of pyridine rings is 1. The molecule has 1 N–H and O–H groups in total. The Balaban J connectivity index is 1.09. The number of nitrogens with one attached hydrogen (secondary N) is 1. The molecule has 1 aromatic heterocycles. The third kappa shape index (κ3) is 4.56. The average Bonchev–Trinajstić information content (AvgIpc) is 3.51. The summed E-state index contributed by atoms with van der Waals surface area (Å²) in [6.45, 7) is 2.74. The number of anilines is 1. The van der Waals surface area contributed by atoms with Crippen molar-refractivity contribution in [3.05, 3.63) is 53.9 Å². The van der Waals surface area contributed by atoms with Crippen LogP contribution >= 0.6 is 0 Å². The summed E-state index contributed by atoms with van der Waals surface area (Å²) in [6.07, 6.45) is 9.92. The van der Waals surface area contributed by atoms with E-state index in [-0.39, 0.29) is 18.1 Å². The minimum atomic E-state index is -0.117. The lowest BCUT2D eigenvalue weighted by Gasteiger charge is -2.33. The minimum absolute atomic E-state index is 0.117. The van der Waals surface area contributed by atoms with Gasteiger partial charge in [-0.25, -0.2) is 4.79 Å². The van der Waals surface area contributed by atoms with Crippen LogP contribution < -0.4 is 10.1 Å². The van der Waals surface area contributed by atoms with Crippen molar-refractivity contribution in [3.8, 4) is 5.75 Å². The number of aromatic nitrogens is 1. The van der Waals surface area contributed by atoms with Gasteiger partial charge in [0.1, 0.15) is 11.9 Å². The smallest absolute Gasteiger partial charge is 0.322 e. The van der Waals surface area contributed by atoms with E-state index < -0.39 is 0 Å². The number of piperidine rings is 1. The Kier molecular flexibility index (Phi) is 5.97. The number of rotatable bonds is 4. The Labute approximate surface area is 188 Å². The van der Waals surface area contributed by atoms with Gasteiger partial charge in [0.2, 0.25) is 5.91 Å². The fourth-order valence-corrected chi connectivity index (χ4v) is 5.00. The molecule has 168 valence electrons. The molecule has 2 aromatic rings. The SMILES string of the molecule is O=C(Nc1ccc(OC2CCN(C(=O)C3CCCC3)CC2)cc1)N1Cc2ccncc2C1. The number of likely N-dealkylation sites (tertiary alicyclic amines) is 1. The molecule has 3 aliphatic rings. The van der Waals surface area contributed by atoms with Crippen LogP contribution in [0.2, 0.25) is 0 Å². The van der Waals surface area contributed by atoms with E-state index in [2.05, 4.69) is 10.3 Å². The van der Waals surface area contributed by atoms with E-state index in [1.54, 1.807) is 11.1 Å². The maximum Gasteiger partial charge on any atom is 0.322 e. The first-order valence-corrected chi connectivity index (χ1v) is 11.7. The van der Waals surface area contributed by atoms with Gasteiger partial charge in [0, 0.05) is 63.0 Å². The third-order valence-electron chi connectivity index (χ3n) is 6.88. The van der Waals surface area contributed by atoms with Gasteiger partial charge in [0.25, 0.3) is 0 Å². The zero-order chi connectivity index (χ0) is 21.9. The Hall–Kier alpha value is -3.09. The van der Waals surface area contributed by atoms with Crippen molar-refractivity contribution in [3.63, 3.8) is 0 Å². The predicted octanol–water partition coefficient (Wildman–Crippen LogP) is 4.19. The first-order valence-electron chi connectivity index (χ1n) is 11.7. The molecule has 7 heteroatoms. The van der Waals surface area contributed by atoms with Crippen LogP contribution in [0, 0.1) is 5.92 Å². The molecule has 2 fully saturated rings. The van der Waals surface area contributed by atoms with Gasteiger partial charge in [-0.3, -0.25) is 9.78 Å². The fourth-order valence-electron chi connectivity index (χ4n) is 5.00. The highest BCUT2D eigenvalue weighted by Crippen LogP contribution is 2.29. The summed E-state index contributed by atoms with van der Waals surface area (Å²) in [5.41, 5.74) is 2.99. The lowest BCUT2D eigenvalue weighted by molar-refractivity contribution is -0.137. The van der Waals surface area contributed by atoms with Crippen molar-refractivity contribution in [2.75, 3.05) is 18.4 Å². The second-order valence-electron chi connectivity index (χ2n) is 9.08. The monoisotopic (exact) mass is 434 g/mol. The summed E-state index contributed by atoms with van der Waals surface area (Å²) in [5.74, 6) is 1.39. The van der Waals surface area contributed by atoms with Crippen LogP contribution in [0.5, 0.6) is 5.75 Å². The van der Waals surface area contributed by atoms with Gasteiger partial charge in [-0.1, -0.05) is 12.8 Å². The topological polar surface area (TPSA) is 74.8 Å². The van der Waals surface area contributed by atoms with E-state index in [0.29, 0.717) is 19.0 Å². The van der Waals surface area contributed by atoms with Gasteiger partial charge in [-0.05, 0) is 54.3 Å². The number of benzene rings is 1. The number of amides is 3. The van der Waals surface area contributed by atoms with Crippen LogP contribution in [0.1, 0.15) is 49.7 Å². The van der Waals surface area contributed by atoms with E-state index in [9.17, 15) is 9.59 Å². The molecule has 3 heterocycles. The Bertz CT molecular complexity index is 938. The molecule has 1 aliphatic carbocycles. The van der Waals surface area contributed by atoms with Crippen molar-refractivity contribution >= 4 is 17.6 Å². The highest BCUT2D eigenvalue weighted by atomic mass is 16.5. The molecule has 0 spiro atoms. The number of carbonyl (C=O) groups excluding carboxylic acids is 2. The normalized spacial score (nSPS) is 19.1. The van der Waals surface area contributed by atoms with Crippen LogP contribution in [-0.4, -0.2) is 45.9 Å². The fraction of sp³-hybridized carbons (Fsp3) is 0.480. The van der Waals surface area contributed by atoms with Crippen LogP contribution in [0.25, 0.3) is 0 Å². The maximum atomic E-state index is 12.6. The first-order chi connectivity index (χ1) is 15.7. The number of nitrogens with zero attached hydrogens (tertiary/aromatic N) is 3. The van der Waals surface area contributed by atoms with Crippen molar-refractivity contribution in [1.29, 1.82) is 0 Å². The van der Waals surface area contributed by atoms with E-state index in [4.69, 9.17) is 4.74 Å². The number of hydrogen-bond acceptors (Lipinski definition) is 4. The standard InChI is InChI=1S/C25H30N4O3/c30-24(18-3-1-2-4-18)28-13-10-23(11-14-28)32-22-7-5-21(6-8-22)27-25(31)29-16-19-9-12-26-15-20(19)17-29/h5-9,12,15,18,23H,1-4,10-11,13-14,16-17H2,(H,27,31). The number of ether oxygens (including phenoxy) is 1. The molecule has 1 aromatic carbocycles. The molecular weight excluding hydrogens is 404 g/mol. The zero-order valence-corrected chi connectivity index (χ0v) is 18.3. The highest BCUT2D eigenvalue weighted by molar-refractivity contribution is 5.89. The molecule has 32 heavy (non-hydrogen) atoms. The lowest BCUT2D eigenvalue weighted by Crippen LogP contribution is -2.43. The van der Waals surface area contributed by atoms with Crippen molar-refractivity contribution in [1.82, 2.24) is 14.8 Å². The molecule has 3 amide bonds. The number of urea groups is 1. The van der Waals surface area contributed by atoms with Gasteiger partial charge in [-0.2, -0.15) is 0 Å². The summed E-state index contributed by atoms with van der Waals surface area (Å²) in [5, 5.41) is 2.96. The van der Waals surface area contributed by atoms with Gasteiger partial charge in [-0.15, -0.1) is 0 Å². The van der Waals surface area contributed by atoms with Crippen LogP contribution in [0.4, 0.5) is 10.5 Å². The molecule has 2 aliphatic heterocycles. The van der Waals surface area contributed by atoms with Crippen molar-refractivity contribution in [2.45, 2.75) is 57.7 Å². The van der Waals surface area contributed by atoms with E-state index in [1.807, 2.05) is 41.4 Å². The molecule has 5 rings (SSSR count). The summed E-state index contributed by atoms with van der Waals surface area (Å²) >= 11 is 0. The summed E-state index contributed by atoms with van der Waals surface area (Å²) in [6, 6.07) is 9.38.